The summed E-state index contributed by atoms with van der Waals surface area (Å²) < 4.78 is 0. The number of benzene rings is 1. The summed E-state index contributed by atoms with van der Waals surface area (Å²) in [6.07, 6.45) is 4.36. The zero-order chi connectivity index (χ0) is 13.8. The summed E-state index contributed by atoms with van der Waals surface area (Å²) in [4.78, 5) is 7.09. The number of nitrogens with zero attached hydrogens (tertiary/aromatic N) is 2. The van der Waals surface area contributed by atoms with Crippen LogP contribution in [0.2, 0.25) is 0 Å². The van der Waals surface area contributed by atoms with Gasteiger partial charge in [-0.2, -0.15) is 0 Å². The molecule has 1 aliphatic heterocycles. The third kappa shape index (κ3) is 3.00. The molecule has 1 aromatic heterocycles. The Kier molecular flexibility index (Phi) is 4.28. The van der Waals surface area contributed by atoms with Gasteiger partial charge in [0, 0.05) is 37.3 Å². The Morgan fingerprint density at radius 1 is 1.30 bits per heavy atom. The Hall–Kier alpha value is -1.45. The average Bonchev–Trinajstić information content (AvgIpc) is 2.93. The van der Waals surface area contributed by atoms with Gasteiger partial charge in [0.2, 0.25) is 0 Å². The molecule has 1 saturated heterocycles. The Morgan fingerprint density at radius 2 is 2.20 bits per heavy atom. The molecule has 0 spiro atoms. The van der Waals surface area contributed by atoms with Crippen molar-refractivity contribution in [3.8, 4) is 0 Å². The third-order valence-corrected chi connectivity index (χ3v) is 4.07. The number of fused-ring (bicyclic) bond motifs is 1. The maximum atomic E-state index is 4.55. The molecule has 1 N–H and O–H groups in total. The molecule has 1 fully saturated rings. The normalized spacial score (nSPS) is 19.8. The highest BCUT2D eigenvalue weighted by atomic mass is 15.2. The number of rotatable bonds is 5. The van der Waals surface area contributed by atoms with Crippen LogP contribution in [-0.4, -0.2) is 35.6 Å². The summed E-state index contributed by atoms with van der Waals surface area (Å²) in [5, 5.41) is 4.87. The van der Waals surface area contributed by atoms with Crippen molar-refractivity contribution < 1.29 is 0 Å². The van der Waals surface area contributed by atoms with Crippen LogP contribution in [0.15, 0.2) is 36.5 Å². The lowest BCUT2D eigenvalue weighted by atomic mass is 10.1. The maximum absolute atomic E-state index is 4.55. The Labute approximate surface area is 121 Å². The van der Waals surface area contributed by atoms with Crippen LogP contribution in [0.3, 0.4) is 0 Å². The van der Waals surface area contributed by atoms with Gasteiger partial charge < -0.3 is 5.32 Å². The van der Waals surface area contributed by atoms with Crippen molar-refractivity contribution in [2.24, 2.45) is 0 Å². The van der Waals surface area contributed by atoms with Crippen molar-refractivity contribution in [1.29, 1.82) is 0 Å². The van der Waals surface area contributed by atoms with Crippen molar-refractivity contribution >= 4 is 10.9 Å². The summed E-state index contributed by atoms with van der Waals surface area (Å²) in [5.41, 5.74) is 2.50. The molecule has 3 heteroatoms. The van der Waals surface area contributed by atoms with Crippen LogP contribution in [0, 0.1) is 0 Å². The summed E-state index contributed by atoms with van der Waals surface area (Å²) in [6.45, 7) is 6.71. The SMILES string of the molecule is CCCNC1CCN(Cc2cccc3cccnc23)C1. The maximum Gasteiger partial charge on any atom is 0.0746 e. The van der Waals surface area contributed by atoms with Crippen LogP contribution in [0.25, 0.3) is 10.9 Å². The van der Waals surface area contributed by atoms with E-state index in [9.17, 15) is 0 Å². The van der Waals surface area contributed by atoms with E-state index in [1.165, 1.54) is 30.3 Å². The van der Waals surface area contributed by atoms with Gasteiger partial charge in [0.15, 0.2) is 0 Å². The average molecular weight is 269 g/mol. The number of nitrogens with one attached hydrogen (secondary N) is 1. The first kappa shape index (κ1) is 13.5. The Bertz CT molecular complexity index is 562. The van der Waals surface area contributed by atoms with Gasteiger partial charge >= 0.3 is 0 Å². The lowest BCUT2D eigenvalue weighted by Gasteiger charge is -2.17. The summed E-state index contributed by atoms with van der Waals surface area (Å²) in [7, 11) is 0. The highest BCUT2D eigenvalue weighted by molar-refractivity contribution is 5.81. The standard InChI is InChI=1S/C17H23N3/c1-2-9-18-16-8-11-20(13-16)12-15-6-3-5-14-7-4-10-19-17(14)15/h3-7,10,16,18H,2,8-9,11-13H2,1H3. The third-order valence-electron chi connectivity index (χ3n) is 4.07. The van der Waals surface area contributed by atoms with Gasteiger partial charge in [-0.3, -0.25) is 9.88 Å². The molecule has 3 rings (SSSR count). The fourth-order valence-corrected chi connectivity index (χ4v) is 3.03. The van der Waals surface area contributed by atoms with E-state index in [-0.39, 0.29) is 0 Å². The van der Waals surface area contributed by atoms with Crippen molar-refractivity contribution in [2.75, 3.05) is 19.6 Å². The molecule has 1 aromatic carbocycles. The lowest BCUT2D eigenvalue weighted by molar-refractivity contribution is 0.321. The topological polar surface area (TPSA) is 28.2 Å². The minimum absolute atomic E-state index is 0.665. The fraction of sp³-hybridized carbons (Fsp3) is 0.471. The summed E-state index contributed by atoms with van der Waals surface area (Å²) in [5.74, 6) is 0. The molecule has 20 heavy (non-hydrogen) atoms. The van der Waals surface area contributed by atoms with E-state index >= 15 is 0 Å². The van der Waals surface area contributed by atoms with Gasteiger partial charge in [0.05, 0.1) is 5.52 Å². The van der Waals surface area contributed by atoms with E-state index in [0.717, 1.165) is 25.2 Å². The number of likely N-dealkylation sites (tertiary alicyclic amines) is 1. The van der Waals surface area contributed by atoms with E-state index in [4.69, 9.17) is 0 Å². The quantitative estimate of drug-likeness (QED) is 0.904. The number of aromatic nitrogens is 1. The van der Waals surface area contributed by atoms with Crippen molar-refractivity contribution in [3.05, 3.63) is 42.1 Å². The molecule has 1 aliphatic rings. The van der Waals surface area contributed by atoms with Crippen LogP contribution >= 0.6 is 0 Å². The molecule has 0 radical (unpaired) electrons. The summed E-state index contributed by atoms with van der Waals surface area (Å²) >= 11 is 0. The van der Waals surface area contributed by atoms with Crippen molar-refractivity contribution in [3.63, 3.8) is 0 Å². The molecule has 3 nitrogen and oxygen atoms in total. The van der Waals surface area contributed by atoms with Gasteiger partial charge in [-0.15, -0.1) is 0 Å². The number of para-hydroxylation sites is 1. The largest absolute Gasteiger partial charge is 0.313 e. The second kappa shape index (κ2) is 6.33. The van der Waals surface area contributed by atoms with Gasteiger partial charge in [0.25, 0.3) is 0 Å². The predicted octanol–water partition coefficient (Wildman–Crippen LogP) is 2.81. The number of hydrogen-bond donors (Lipinski definition) is 1. The van der Waals surface area contributed by atoms with E-state index in [1.807, 2.05) is 12.3 Å². The van der Waals surface area contributed by atoms with Crippen molar-refractivity contribution in [1.82, 2.24) is 15.2 Å². The Balaban J connectivity index is 1.68. The molecule has 106 valence electrons. The van der Waals surface area contributed by atoms with Crippen LogP contribution in [0.5, 0.6) is 0 Å². The monoisotopic (exact) mass is 269 g/mol. The van der Waals surface area contributed by atoms with Gasteiger partial charge in [-0.25, -0.2) is 0 Å². The van der Waals surface area contributed by atoms with Crippen molar-refractivity contribution in [2.45, 2.75) is 32.4 Å². The lowest BCUT2D eigenvalue weighted by Crippen LogP contribution is -2.32. The van der Waals surface area contributed by atoms with Gasteiger partial charge in [-0.1, -0.05) is 31.2 Å². The van der Waals surface area contributed by atoms with Crippen LogP contribution in [0.1, 0.15) is 25.3 Å². The zero-order valence-corrected chi connectivity index (χ0v) is 12.2. The van der Waals surface area contributed by atoms with E-state index in [0.29, 0.717) is 6.04 Å². The molecular weight excluding hydrogens is 246 g/mol. The van der Waals surface area contributed by atoms with E-state index < -0.39 is 0 Å². The second-order valence-corrected chi connectivity index (χ2v) is 5.67. The minimum atomic E-state index is 0.665. The number of pyridine rings is 1. The molecule has 1 unspecified atom stereocenters. The first-order valence-electron chi connectivity index (χ1n) is 7.65. The first-order chi connectivity index (χ1) is 9.86. The predicted molar refractivity (Wildman–Crippen MR) is 83.7 cm³/mol. The van der Waals surface area contributed by atoms with Crippen LogP contribution in [0.4, 0.5) is 0 Å². The molecule has 2 heterocycles. The van der Waals surface area contributed by atoms with Crippen LogP contribution < -0.4 is 5.32 Å². The highest BCUT2D eigenvalue weighted by Gasteiger charge is 2.22. The minimum Gasteiger partial charge on any atom is -0.313 e. The van der Waals surface area contributed by atoms with E-state index in [2.05, 4.69) is 46.4 Å². The highest BCUT2D eigenvalue weighted by Crippen LogP contribution is 2.20. The fourth-order valence-electron chi connectivity index (χ4n) is 3.03. The molecule has 0 bridgehead atoms. The molecule has 1 atom stereocenters. The smallest absolute Gasteiger partial charge is 0.0746 e. The van der Waals surface area contributed by atoms with Crippen LogP contribution in [-0.2, 0) is 6.54 Å². The molecule has 0 saturated carbocycles. The molecule has 0 amide bonds. The Morgan fingerprint density at radius 3 is 3.10 bits per heavy atom. The van der Waals surface area contributed by atoms with E-state index in [1.54, 1.807) is 0 Å². The van der Waals surface area contributed by atoms with Gasteiger partial charge in [-0.05, 0) is 31.0 Å². The first-order valence-corrected chi connectivity index (χ1v) is 7.65. The molecule has 2 aromatic rings. The number of hydrogen-bond acceptors (Lipinski definition) is 3. The molecule has 0 aliphatic carbocycles. The van der Waals surface area contributed by atoms with Gasteiger partial charge in [0.1, 0.15) is 0 Å². The summed E-state index contributed by atoms with van der Waals surface area (Å²) in [6, 6.07) is 11.3. The molecular formula is C17H23N3. The second-order valence-electron chi connectivity index (χ2n) is 5.67. The zero-order valence-electron chi connectivity index (χ0n) is 12.2.